The fourth-order valence-corrected chi connectivity index (χ4v) is 1.46. The number of hydrogen-bond acceptors (Lipinski definition) is 4. The Bertz CT molecular complexity index is 329. The minimum absolute atomic E-state index is 0.111. The van der Waals surface area contributed by atoms with Crippen LogP contribution in [-0.2, 0) is 0 Å². The highest BCUT2D eigenvalue weighted by molar-refractivity contribution is 5.89. The first-order valence-electron chi connectivity index (χ1n) is 4.70. The van der Waals surface area contributed by atoms with Gasteiger partial charge in [0.15, 0.2) is 0 Å². The van der Waals surface area contributed by atoms with E-state index in [4.69, 9.17) is 4.42 Å². The van der Waals surface area contributed by atoms with Gasteiger partial charge in [-0.1, -0.05) is 0 Å². The highest BCUT2D eigenvalue weighted by atomic mass is 16.4. The fraction of sp³-hybridized carbons (Fsp3) is 0.556. The largest absolute Gasteiger partial charge is 0.438 e. The Morgan fingerprint density at radius 1 is 1.57 bits per heavy atom. The van der Waals surface area contributed by atoms with Gasteiger partial charge in [-0.25, -0.2) is 4.98 Å². The van der Waals surface area contributed by atoms with E-state index in [2.05, 4.69) is 10.3 Å². The molecule has 0 saturated carbocycles. The number of aromatic nitrogens is 1. The van der Waals surface area contributed by atoms with Crippen molar-refractivity contribution in [3.05, 3.63) is 17.8 Å². The van der Waals surface area contributed by atoms with E-state index < -0.39 is 0 Å². The summed E-state index contributed by atoms with van der Waals surface area (Å²) in [4.78, 5) is 17.4. The van der Waals surface area contributed by atoms with Gasteiger partial charge in [-0.15, -0.1) is 0 Å². The number of carbonyl (C=O) groups is 1. The van der Waals surface area contributed by atoms with Gasteiger partial charge >= 0.3 is 5.91 Å². The smallest absolute Gasteiger partial charge is 0.309 e. The van der Waals surface area contributed by atoms with Crippen LogP contribution < -0.4 is 5.32 Å². The fourth-order valence-electron chi connectivity index (χ4n) is 1.46. The maximum atomic E-state index is 11.8. The molecule has 1 aliphatic heterocycles. The van der Waals surface area contributed by atoms with Crippen molar-refractivity contribution >= 4 is 5.91 Å². The van der Waals surface area contributed by atoms with Gasteiger partial charge in [0.05, 0.1) is 6.20 Å². The summed E-state index contributed by atoms with van der Waals surface area (Å²) in [6.45, 7) is 4.90. The summed E-state index contributed by atoms with van der Waals surface area (Å²) in [6.07, 6.45) is 1.56. The summed E-state index contributed by atoms with van der Waals surface area (Å²) in [6, 6.07) is 0. The van der Waals surface area contributed by atoms with Gasteiger partial charge in [-0.3, -0.25) is 4.79 Å². The number of oxazole rings is 1. The number of piperazine rings is 1. The zero-order valence-electron chi connectivity index (χ0n) is 8.12. The van der Waals surface area contributed by atoms with Crippen molar-refractivity contribution in [2.45, 2.75) is 6.92 Å². The van der Waals surface area contributed by atoms with E-state index in [0.29, 0.717) is 5.76 Å². The Kier molecular flexibility index (Phi) is 2.49. The molecule has 1 N–H and O–H groups in total. The molecule has 2 heterocycles. The molecule has 76 valence electrons. The second-order valence-corrected chi connectivity index (χ2v) is 3.32. The van der Waals surface area contributed by atoms with Crippen molar-refractivity contribution in [2.75, 3.05) is 26.2 Å². The molecule has 14 heavy (non-hydrogen) atoms. The average molecular weight is 195 g/mol. The molecule has 0 atom stereocenters. The number of nitrogens with one attached hydrogen (secondary N) is 1. The minimum atomic E-state index is -0.111. The number of amides is 1. The maximum absolute atomic E-state index is 11.8. The molecule has 0 bridgehead atoms. The van der Waals surface area contributed by atoms with E-state index >= 15 is 0 Å². The van der Waals surface area contributed by atoms with E-state index in [1.165, 1.54) is 0 Å². The maximum Gasteiger partial charge on any atom is 0.309 e. The Balaban J connectivity index is 2.07. The predicted octanol–water partition coefficient (Wildman–Crippen LogP) is 0.0284. The third-order valence-electron chi connectivity index (χ3n) is 2.21. The molecule has 0 aliphatic carbocycles. The summed E-state index contributed by atoms with van der Waals surface area (Å²) < 4.78 is 5.18. The third kappa shape index (κ3) is 1.77. The summed E-state index contributed by atoms with van der Waals surface area (Å²) in [7, 11) is 0. The van der Waals surface area contributed by atoms with E-state index in [1.807, 2.05) is 0 Å². The van der Waals surface area contributed by atoms with Crippen LogP contribution in [0.2, 0.25) is 0 Å². The van der Waals surface area contributed by atoms with Gasteiger partial charge < -0.3 is 14.6 Å². The molecule has 5 heteroatoms. The van der Waals surface area contributed by atoms with Gasteiger partial charge in [-0.2, -0.15) is 0 Å². The Morgan fingerprint density at radius 3 is 2.86 bits per heavy atom. The van der Waals surface area contributed by atoms with Crippen LogP contribution in [0.5, 0.6) is 0 Å². The van der Waals surface area contributed by atoms with Crippen LogP contribution in [0.25, 0.3) is 0 Å². The molecule has 0 radical (unpaired) electrons. The van der Waals surface area contributed by atoms with Gasteiger partial charge in [0.2, 0.25) is 0 Å². The van der Waals surface area contributed by atoms with Crippen molar-refractivity contribution in [3.8, 4) is 0 Å². The SMILES string of the molecule is Cc1cnc(C(=O)N2CCNCC2)o1. The molecule has 1 fully saturated rings. The number of carbonyl (C=O) groups excluding carboxylic acids is 1. The molecule has 0 spiro atoms. The lowest BCUT2D eigenvalue weighted by Gasteiger charge is -2.25. The lowest BCUT2D eigenvalue weighted by molar-refractivity contribution is 0.0694. The van der Waals surface area contributed by atoms with Crippen LogP contribution in [0, 0.1) is 6.92 Å². The van der Waals surface area contributed by atoms with Gasteiger partial charge in [0, 0.05) is 26.2 Å². The molecular formula is C9H13N3O2. The third-order valence-corrected chi connectivity index (χ3v) is 2.21. The molecule has 1 aromatic heterocycles. The molecule has 0 unspecified atom stereocenters. The highest BCUT2D eigenvalue weighted by Gasteiger charge is 2.21. The quantitative estimate of drug-likeness (QED) is 0.686. The van der Waals surface area contributed by atoms with Crippen molar-refractivity contribution in [1.82, 2.24) is 15.2 Å². The van der Waals surface area contributed by atoms with Gasteiger partial charge in [-0.05, 0) is 6.92 Å². The Morgan fingerprint density at radius 2 is 2.29 bits per heavy atom. The van der Waals surface area contributed by atoms with Crippen molar-refractivity contribution < 1.29 is 9.21 Å². The molecule has 5 nitrogen and oxygen atoms in total. The van der Waals surface area contributed by atoms with Gasteiger partial charge in [0.1, 0.15) is 5.76 Å². The zero-order valence-corrected chi connectivity index (χ0v) is 8.12. The first-order valence-corrected chi connectivity index (χ1v) is 4.70. The number of rotatable bonds is 1. The predicted molar refractivity (Wildman–Crippen MR) is 50.0 cm³/mol. The lowest BCUT2D eigenvalue weighted by Crippen LogP contribution is -2.46. The van der Waals surface area contributed by atoms with Crippen molar-refractivity contribution in [3.63, 3.8) is 0 Å². The molecular weight excluding hydrogens is 182 g/mol. The van der Waals surface area contributed by atoms with E-state index in [0.717, 1.165) is 26.2 Å². The minimum Gasteiger partial charge on any atom is -0.438 e. The first-order chi connectivity index (χ1) is 6.77. The normalized spacial score (nSPS) is 17.1. The molecule has 1 aliphatic rings. The Labute approximate surface area is 82.1 Å². The number of nitrogens with zero attached hydrogens (tertiary/aromatic N) is 2. The molecule has 0 aromatic carbocycles. The zero-order chi connectivity index (χ0) is 9.97. The molecule has 1 saturated heterocycles. The number of aryl methyl sites for hydroxylation is 1. The summed E-state index contributed by atoms with van der Waals surface area (Å²) in [5, 5.41) is 3.18. The second kappa shape index (κ2) is 3.79. The molecule has 1 aromatic rings. The summed E-state index contributed by atoms with van der Waals surface area (Å²) in [5.41, 5.74) is 0. The monoisotopic (exact) mass is 195 g/mol. The molecule has 2 rings (SSSR count). The van der Waals surface area contributed by atoms with Crippen LogP contribution in [0.15, 0.2) is 10.6 Å². The highest BCUT2D eigenvalue weighted by Crippen LogP contribution is 2.06. The lowest BCUT2D eigenvalue weighted by atomic mass is 10.3. The number of hydrogen-bond donors (Lipinski definition) is 1. The second-order valence-electron chi connectivity index (χ2n) is 3.32. The van der Waals surface area contributed by atoms with Crippen LogP contribution >= 0.6 is 0 Å². The van der Waals surface area contributed by atoms with Gasteiger partial charge in [0.25, 0.3) is 5.89 Å². The van der Waals surface area contributed by atoms with Crippen LogP contribution in [0.4, 0.5) is 0 Å². The average Bonchev–Trinajstić information content (AvgIpc) is 2.65. The Hall–Kier alpha value is -1.36. The molecule has 1 amide bonds. The van der Waals surface area contributed by atoms with Crippen LogP contribution in [0.3, 0.4) is 0 Å². The van der Waals surface area contributed by atoms with Crippen LogP contribution in [0.1, 0.15) is 16.4 Å². The standard InChI is InChI=1S/C9H13N3O2/c1-7-6-11-8(14-7)9(13)12-4-2-10-3-5-12/h6,10H,2-5H2,1H3. The van der Waals surface area contributed by atoms with E-state index in [-0.39, 0.29) is 11.8 Å². The summed E-state index contributed by atoms with van der Waals surface area (Å²) >= 11 is 0. The van der Waals surface area contributed by atoms with Crippen molar-refractivity contribution in [1.29, 1.82) is 0 Å². The van der Waals surface area contributed by atoms with Crippen molar-refractivity contribution in [2.24, 2.45) is 0 Å². The summed E-state index contributed by atoms with van der Waals surface area (Å²) in [5.74, 6) is 0.757. The van der Waals surface area contributed by atoms with E-state index in [1.54, 1.807) is 18.0 Å². The first kappa shape index (κ1) is 9.21. The van der Waals surface area contributed by atoms with Crippen LogP contribution in [-0.4, -0.2) is 42.0 Å². The topological polar surface area (TPSA) is 58.4 Å². The van der Waals surface area contributed by atoms with E-state index in [9.17, 15) is 4.79 Å².